The van der Waals surface area contributed by atoms with Gasteiger partial charge >= 0.3 is 6.09 Å². The van der Waals surface area contributed by atoms with E-state index in [0.717, 1.165) is 4.90 Å². The second-order valence-corrected chi connectivity index (χ2v) is 5.64. The third-order valence-electron chi connectivity index (χ3n) is 4.11. The van der Waals surface area contributed by atoms with Crippen molar-refractivity contribution in [3.8, 4) is 11.5 Å². The topological polar surface area (TPSA) is 91.5 Å². The highest BCUT2D eigenvalue weighted by atomic mass is 16.6. The number of nitrogens with one attached hydrogen (secondary N) is 1. The molecule has 1 aliphatic rings. The van der Waals surface area contributed by atoms with E-state index in [1.165, 1.54) is 12.1 Å². The molecule has 2 rings (SSSR count). The SMILES string of the molecule is CCOC(=O)N1CC[NH+](CC(=O)c2ccc(O)c(C)c2O)CC1. The van der Waals surface area contributed by atoms with Gasteiger partial charge in [0.25, 0.3) is 0 Å². The number of amides is 1. The number of piperazine rings is 1. The van der Waals surface area contributed by atoms with Crippen molar-refractivity contribution in [2.24, 2.45) is 0 Å². The normalized spacial score (nSPS) is 15.5. The first-order chi connectivity index (χ1) is 10.9. The summed E-state index contributed by atoms with van der Waals surface area (Å²) in [6.45, 7) is 6.32. The van der Waals surface area contributed by atoms with Gasteiger partial charge in [0.05, 0.1) is 38.3 Å². The average Bonchev–Trinajstić information content (AvgIpc) is 2.53. The van der Waals surface area contributed by atoms with E-state index in [-0.39, 0.29) is 35.5 Å². The van der Waals surface area contributed by atoms with Crippen LogP contribution in [0, 0.1) is 6.92 Å². The number of phenols is 2. The highest BCUT2D eigenvalue weighted by Gasteiger charge is 2.27. The number of rotatable bonds is 4. The van der Waals surface area contributed by atoms with Crippen LogP contribution in [0.1, 0.15) is 22.8 Å². The molecule has 23 heavy (non-hydrogen) atoms. The molecule has 1 aliphatic heterocycles. The first-order valence-electron chi connectivity index (χ1n) is 7.74. The van der Waals surface area contributed by atoms with E-state index in [9.17, 15) is 19.8 Å². The van der Waals surface area contributed by atoms with E-state index in [4.69, 9.17) is 4.74 Å². The zero-order valence-electron chi connectivity index (χ0n) is 13.5. The van der Waals surface area contributed by atoms with Crippen LogP contribution in [0.15, 0.2) is 12.1 Å². The Bertz CT molecular complexity index is 594. The lowest BCUT2D eigenvalue weighted by Gasteiger charge is -2.31. The molecular formula is C16H23N2O5+. The minimum Gasteiger partial charge on any atom is -0.508 e. The van der Waals surface area contributed by atoms with Gasteiger partial charge in [0.1, 0.15) is 18.0 Å². The second kappa shape index (κ2) is 7.32. The van der Waals surface area contributed by atoms with Crippen molar-refractivity contribution in [2.75, 3.05) is 39.3 Å². The summed E-state index contributed by atoms with van der Waals surface area (Å²) in [7, 11) is 0. The predicted octanol–water partition coefficient (Wildman–Crippen LogP) is -0.0541. The van der Waals surface area contributed by atoms with Gasteiger partial charge in [0.2, 0.25) is 5.78 Å². The lowest BCUT2D eigenvalue weighted by molar-refractivity contribution is -0.895. The van der Waals surface area contributed by atoms with Crippen LogP contribution in [0.2, 0.25) is 0 Å². The van der Waals surface area contributed by atoms with E-state index >= 15 is 0 Å². The molecule has 1 fully saturated rings. The summed E-state index contributed by atoms with van der Waals surface area (Å²) in [4.78, 5) is 26.7. The summed E-state index contributed by atoms with van der Waals surface area (Å²) in [6, 6.07) is 2.85. The fourth-order valence-electron chi connectivity index (χ4n) is 2.63. The number of aromatic hydroxyl groups is 2. The molecule has 1 aromatic rings. The summed E-state index contributed by atoms with van der Waals surface area (Å²) >= 11 is 0. The van der Waals surface area contributed by atoms with Crippen LogP contribution in [0.5, 0.6) is 11.5 Å². The number of nitrogens with zero attached hydrogens (tertiary/aromatic N) is 1. The monoisotopic (exact) mass is 323 g/mol. The molecule has 0 spiro atoms. The molecule has 1 aromatic carbocycles. The standard InChI is InChI=1S/C16H22N2O5/c1-3-23-16(22)18-8-6-17(7-9-18)10-14(20)12-4-5-13(19)11(2)15(12)21/h4-5,19,21H,3,6-10H2,1-2H3/p+1. The van der Waals surface area contributed by atoms with Crippen LogP contribution < -0.4 is 4.90 Å². The molecule has 1 saturated heterocycles. The second-order valence-electron chi connectivity index (χ2n) is 5.64. The highest BCUT2D eigenvalue weighted by Crippen LogP contribution is 2.29. The Labute approximate surface area is 135 Å². The van der Waals surface area contributed by atoms with Crippen molar-refractivity contribution >= 4 is 11.9 Å². The van der Waals surface area contributed by atoms with Crippen LogP contribution in [0.25, 0.3) is 0 Å². The predicted molar refractivity (Wildman–Crippen MR) is 83.0 cm³/mol. The number of phenolic OH excluding ortho intramolecular Hbond substituents is 2. The molecule has 0 aliphatic carbocycles. The summed E-state index contributed by atoms with van der Waals surface area (Å²) in [5.74, 6) is -0.376. The Morgan fingerprint density at radius 1 is 1.26 bits per heavy atom. The number of hydrogen-bond donors (Lipinski definition) is 3. The number of quaternary nitrogens is 1. The molecule has 0 saturated carbocycles. The fourth-order valence-corrected chi connectivity index (χ4v) is 2.63. The van der Waals surface area contributed by atoms with Gasteiger partial charge in [0.15, 0.2) is 0 Å². The third-order valence-corrected chi connectivity index (χ3v) is 4.11. The first-order valence-corrected chi connectivity index (χ1v) is 7.74. The van der Waals surface area contributed by atoms with Gasteiger partial charge in [0, 0.05) is 5.56 Å². The summed E-state index contributed by atoms with van der Waals surface area (Å²) < 4.78 is 4.96. The Morgan fingerprint density at radius 3 is 2.52 bits per heavy atom. The van der Waals surface area contributed by atoms with Gasteiger partial charge in [-0.15, -0.1) is 0 Å². The van der Waals surface area contributed by atoms with Gasteiger partial charge in [-0.2, -0.15) is 0 Å². The maximum atomic E-state index is 12.3. The van der Waals surface area contributed by atoms with Gasteiger partial charge in [-0.3, -0.25) is 9.69 Å². The molecule has 126 valence electrons. The molecule has 1 amide bonds. The Morgan fingerprint density at radius 2 is 1.91 bits per heavy atom. The molecule has 0 radical (unpaired) electrons. The number of carbonyl (C=O) groups is 2. The molecular weight excluding hydrogens is 300 g/mol. The van der Waals surface area contributed by atoms with Crippen LogP contribution in [0.3, 0.4) is 0 Å². The number of hydrogen-bond acceptors (Lipinski definition) is 5. The lowest BCUT2D eigenvalue weighted by Crippen LogP contribution is -3.15. The molecule has 7 heteroatoms. The summed E-state index contributed by atoms with van der Waals surface area (Å²) in [5.41, 5.74) is 0.526. The molecule has 0 atom stereocenters. The molecule has 3 N–H and O–H groups in total. The molecule has 0 unspecified atom stereocenters. The first kappa shape index (κ1) is 17.1. The summed E-state index contributed by atoms with van der Waals surface area (Å²) in [6.07, 6.45) is -0.315. The Hall–Kier alpha value is -2.28. The van der Waals surface area contributed by atoms with Crippen molar-refractivity contribution < 1.29 is 29.4 Å². The number of ketones is 1. The van der Waals surface area contributed by atoms with Gasteiger partial charge < -0.3 is 19.8 Å². The molecule has 1 heterocycles. The highest BCUT2D eigenvalue weighted by molar-refractivity contribution is 5.99. The van der Waals surface area contributed by atoms with Gasteiger partial charge in [-0.1, -0.05) is 0 Å². The smallest absolute Gasteiger partial charge is 0.410 e. The lowest BCUT2D eigenvalue weighted by atomic mass is 10.0. The zero-order valence-corrected chi connectivity index (χ0v) is 13.5. The number of Topliss-reactive ketones (excluding diaryl/α,β-unsaturated/α-hetero) is 1. The van der Waals surface area contributed by atoms with Crippen molar-refractivity contribution in [3.63, 3.8) is 0 Å². The third kappa shape index (κ3) is 3.92. The molecule has 7 nitrogen and oxygen atoms in total. The largest absolute Gasteiger partial charge is 0.508 e. The molecule has 0 bridgehead atoms. The van der Waals surface area contributed by atoms with Crippen molar-refractivity contribution in [2.45, 2.75) is 13.8 Å². The van der Waals surface area contributed by atoms with Crippen molar-refractivity contribution in [1.29, 1.82) is 0 Å². The Kier molecular flexibility index (Phi) is 5.44. The minimum atomic E-state index is -0.315. The van der Waals surface area contributed by atoms with E-state index in [2.05, 4.69) is 0 Å². The average molecular weight is 323 g/mol. The van der Waals surface area contributed by atoms with E-state index in [0.29, 0.717) is 38.3 Å². The van der Waals surface area contributed by atoms with Crippen molar-refractivity contribution in [1.82, 2.24) is 4.90 Å². The van der Waals surface area contributed by atoms with Crippen LogP contribution in [0.4, 0.5) is 4.79 Å². The van der Waals surface area contributed by atoms with E-state index < -0.39 is 0 Å². The van der Waals surface area contributed by atoms with E-state index in [1.54, 1.807) is 18.7 Å². The minimum absolute atomic E-state index is 0.0329. The number of carbonyl (C=O) groups excluding carboxylic acids is 2. The van der Waals surface area contributed by atoms with Crippen LogP contribution >= 0.6 is 0 Å². The van der Waals surface area contributed by atoms with Gasteiger partial charge in [-0.05, 0) is 26.0 Å². The fraction of sp³-hybridized carbons (Fsp3) is 0.500. The maximum Gasteiger partial charge on any atom is 0.410 e. The Balaban J connectivity index is 1.93. The zero-order chi connectivity index (χ0) is 17.0. The number of benzene rings is 1. The van der Waals surface area contributed by atoms with Crippen molar-refractivity contribution in [3.05, 3.63) is 23.3 Å². The van der Waals surface area contributed by atoms with Crippen LogP contribution in [-0.2, 0) is 4.74 Å². The maximum absolute atomic E-state index is 12.3. The summed E-state index contributed by atoms with van der Waals surface area (Å²) in [5, 5.41) is 19.5. The molecule has 0 aromatic heterocycles. The van der Waals surface area contributed by atoms with Crippen LogP contribution in [-0.4, -0.2) is 66.3 Å². The quantitative estimate of drug-likeness (QED) is 0.676. The van der Waals surface area contributed by atoms with Gasteiger partial charge in [-0.25, -0.2) is 4.79 Å². The van der Waals surface area contributed by atoms with E-state index in [1.807, 2.05) is 0 Å². The number of ether oxygens (including phenoxy) is 1.